The highest BCUT2D eigenvalue weighted by Crippen LogP contribution is 2.20. The van der Waals surface area contributed by atoms with Gasteiger partial charge in [-0.1, -0.05) is 41.9 Å². The smallest absolute Gasteiger partial charge is 0.308 e. The topological polar surface area (TPSA) is 58.1 Å². The van der Waals surface area contributed by atoms with Crippen molar-refractivity contribution < 1.29 is 0 Å². The van der Waals surface area contributed by atoms with Gasteiger partial charge in [0.2, 0.25) is 0 Å². The van der Waals surface area contributed by atoms with Crippen LogP contribution in [0.2, 0.25) is 5.15 Å². The van der Waals surface area contributed by atoms with Gasteiger partial charge in [0, 0.05) is 13.1 Å². The molecule has 5 nitrogen and oxygen atoms in total. The summed E-state index contributed by atoms with van der Waals surface area (Å²) in [5, 5.41) is 0.0762. The van der Waals surface area contributed by atoms with Crippen LogP contribution < -0.4 is 11.2 Å². The molecule has 2 aromatic rings. The number of nitrogens with one attached hydrogen (secondary N) is 1. The molecule has 106 valence electrons. The van der Waals surface area contributed by atoms with E-state index in [1.165, 1.54) is 4.57 Å². The van der Waals surface area contributed by atoms with Crippen molar-refractivity contribution in [3.8, 4) is 11.1 Å². The number of nitrogens with zero attached hydrogens (tertiary/aromatic N) is 2. The van der Waals surface area contributed by atoms with E-state index in [4.69, 9.17) is 11.6 Å². The zero-order valence-corrected chi connectivity index (χ0v) is 12.1. The molecule has 0 unspecified atom stereocenters. The molecule has 0 radical (unpaired) electrons. The Morgan fingerprint density at radius 2 is 1.85 bits per heavy atom. The molecule has 1 aromatic heterocycles. The van der Waals surface area contributed by atoms with Gasteiger partial charge in [-0.05, 0) is 19.7 Å². The fourth-order valence-corrected chi connectivity index (χ4v) is 2.17. The minimum Gasteiger partial charge on any atom is -0.308 e. The predicted molar refractivity (Wildman–Crippen MR) is 80.3 cm³/mol. The second kappa shape index (κ2) is 6.07. The Bertz CT molecular complexity index is 705. The lowest BCUT2D eigenvalue weighted by Crippen LogP contribution is -2.38. The summed E-state index contributed by atoms with van der Waals surface area (Å²) in [6, 6.07) is 9.07. The second-order valence-corrected chi connectivity index (χ2v) is 5.12. The minimum absolute atomic E-state index is 0.0762. The monoisotopic (exact) mass is 293 g/mol. The fourth-order valence-electron chi connectivity index (χ4n) is 1.90. The van der Waals surface area contributed by atoms with Gasteiger partial charge in [-0.3, -0.25) is 14.3 Å². The highest BCUT2D eigenvalue weighted by molar-refractivity contribution is 6.32. The summed E-state index contributed by atoms with van der Waals surface area (Å²) in [6.45, 7) is 0.914. The second-order valence-electron chi connectivity index (χ2n) is 4.75. The molecule has 1 heterocycles. The van der Waals surface area contributed by atoms with E-state index in [0.717, 1.165) is 0 Å². The first kappa shape index (κ1) is 14.6. The molecule has 0 fully saturated rings. The molecule has 0 amide bonds. The molecule has 0 aliphatic carbocycles. The van der Waals surface area contributed by atoms with E-state index in [-0.39, 0.29) is 10.7 Å². The van der Waals surface area contributed by atoms with E-state index in [0.29, 0.717) is 24.2 Å². The quantitative estimate of drug-likeness (QED) is 0.868. The van der Waals surface area contributed by atoms with Gasteiger partial charge in [0.1, 0.15) is 5.15 Å². The molecule has 0 aliphatic heterocycles. The Kier molecular flexibility index (Phi) is 4.42. The van der Waals surface area contributed by atoms with Crippen LogP contribution in [0.25, 0.3) is 11.1 Å². The van der Waals surface area contributed by atoms with E-state index in [2.05, 4.69) is 4.98 Å². The van der Waals surface area contributed by atoms with Crippen LogP contribution in [0.4, 0.5) is 0 Å². The molecule has 20 heavy (non-hydrogen) atoms. The van der Waals surface area contributed by atoms with Crippen molar-refractivity contribution >= 4 is 11.6 Å². The van der Waals surface area contributed by atoms with E-state index in [9.17, 15) is 9.59 Å². The molecule has 0 saturated heterocycles. The summed E-state index contributed by atoms with van der Waals surface area (Å²) in [4.78, 5) is 28.8. The molecule has 0 atom stereocenters. The van der Waals surface area contributed by atoms with E-state index in [1.807, 2.05) is 37.2 Å². The average Bonchev–Trinajstić information content (AvgIpc) is 2.38. The van der Waals surface area contributed by atoms with Crippen LogP contribution in [-0.4, -0.2) is 35.1 Å². The number of halogens is 1. The number of hydrogen-bond donors (Lipinski definition) is 1. The maximum atomic E-state index is 12.5. The van der Waals surface area contributed by atoms with Crippen molar-refractivity contribution in [2.75, 3.05) is 20.6 Å². The first-order chi connectivity index (χ1) is 9.50. The number of hydrogen-bond acceptors (Lipinski definition) is 3. The van der Waals surface area contributed by atoms with Gasteiger partial charge in [-0.2, -0.15) is 0 Å². The van der Waals surface area contributed by atoms with Gasteiger partial charge < -0.3 is 4.90 Å². The molecule has 0 bridgehead atoms. The maximum Gasteiger partial charge on any atom is 0.329 e. The van der Waals surface area contributed by atoms with E-state index >= 15 is 0 Å². The summed E-state index contributed by atoms with van der Waals surface area (Å²) in [5.41, 5.74) is 0.163. The van der Waals surface area contributed by atoms with Crippen LogP contribution >= 0.6 is 11.6 Å². The molecule has 0 spiro atoms. The van der Waals surface area contributed by atoms with Crippen LogP contribution in [0.5, 0.6) is 0 Å². The van der Waals surface area contributed by atoms with Crippen LogP contribution in [0.1, 0.15) is 0 Å². The molecule has 1 aromatic carbocycles. The number of rotatable bonds is 4. The third-order valence-corrected chi connectivity index (χ3v) is 3.26. The lowest BCUT2D eigenvalue weighted by Gasteiger charge is -2.12. The number of likely N-dealkylation sites (N-methyl/N-ethyl adjacent to an activating group) is 1. The van der Waals surface area contributed by atoms with Crippen LogP contribution in [0.3, 0.4) is 0 Å². The Morgan fingerprint density at radius 3 is 2.45 bits per heavy atom. The Morgan fingerprint density at radius 1 is 1.20 bits per heavy atom. The van der Waals surface area contributed by atoms with E-state index in [1.54, 1.807) is 12.1 Å². The fraction of sp³-hybridized carbons (Fsp3) is 0.286. The Labute approximate surface area is 121 Å². The van der Waals surface area contributed by atoms with Crippen molar-refractivity contribution in [1.82, 2.24) is 14.5 Å². The van der Waals surface area contributed by atoms with Gasteiger partial charge in [0.25, 0.3) is 5.56 Å². The lowest BCUT2D eigenvalue weighted by atomic mass is 10.1. The van der Waals surface area contributed by atoms with Crippen molar-refractivity contribution in [3.05, 3.63) is 56.3 Å². The lowest BCUT2D eigenvalue weighted by molar-refractivity contribution is 0.376. The number of aromatic amines is 1. The third-order valence-electron chi connectivity index (χ3n) is 2.97. The summed E-state index contributed by atoms with van der Waals surface area (Å²) >= 11 is 6.02. The zero-order chi connectivity index (χ0) is 14.7. The van der Waals surface area contributed by atoms with E-state index < -0.39 is 5.69 Å². The summed E-state index contributed by atoms with van der Waals surface area (Å²) in [7, 11) is 3.76. The molecule has 0 saturated carbocycles. The number of benzene rings is 1. The van der Waals surface area contributed by atoms with Gasteiger partial charge >= 0.3 is 5.69 Å². The van der Waals surface area contributed by atoms with Gasteiger partial charge in [-0.15, -0.1) is 0 Å². The van der Waals surface area contributed by atoms with Crippen molar-refractivity contribution in [2.45, 2.75) is 6.54 Å². The van der Waals surface area contributed by atoms with Crippen LogP contribution in [0.15, 0.2) is 39.9 Å². The molecule has 6 heteroatoms. The van der Waals surface area contributed by atoms with Crippen molar-refractivity contribution in [3.63, 3.8) is 0 Å². The molecule has 1 N–H and O–H groups in total. The minimum atomic E-state index is -0.485. The van der Waals surface area contributed by atoms with Gasteiger partial charge in [0.15, 0.2) is 0 Å². The molecular formula is C14H16ClN3O2. The zero-order valence-electron chi connectivity index (χ0n) is 11.4. The Hall–Kier alpha value is -1.85. The first-order valence-electron chi connectivity index (χ1n) is 6.23. The van der Waals surface area contributed by atoms with Crippen LogP contribution in [0, 0.1) is 0 Å². The SMILES string of the molecule is CN(C)CCn1c(=O)[nH]c(Cl)c(-c2ccccc2)c1=O. The number of H-pyrrole nitrogens is 1. The largest absolute Gasteiger partial charge is 0.329 e. The first-order valence-corrected chi connectivity index (χ1v) is 6.61. The maximum absolute atomic E-state index is 12.5. The van der Waals surface area contributed by atoms with Gasteiger partial charge in [-0.25, -0.2) is 4.79 Å². The van der Waals surface area contributed by atoms with Crippen molar-refractivity contribution in [2.24, 2.45) is 0 Å². The van der Waals surface area contributed by atoms with Gasteiger partial charge in [0.05, 0.1) is 5.56 Å². The average molecular weight is 294 g/mol. The summed E-state index contributed by atoms with van der Waals surface area (Å²) in [5.74, 6) is 0. The standard InChI is InChI=1S/C14H16ClN3O2/c1-17(2)8-9-18-13(19)11(12(15)16-14(18)20)10-6-4-3-5-7-10/h3-7H,8-9H2,1-2H3,(H,16,20). The van der Waals surface area contributed by atoms with Crippen molar-refractivity contribution in [1.29, 1.82) is 0 Å². The Balaban J connectivity index is 2.57. The third kappa shape index (κ3) is 3.00. The predicted octanol–water partition coefficient (Wildman–Crippen LogP) is 1.42. The molecular weight excluding hydrogens is 278 g/mol. The summed E-state index contributed by atoms with van der Waals surface area (Å²) < 4.78 is 1.17. The summed E-state index contributed by atoms with van der Waals surface area (Å²) in [6.07, 6.45) is 0. The van der Waals surface area contributed by atoms with Crippen LogP contribution in [-0.2, 0) is 6.54 Å². The molecule has 2 rings (SSSR count). The number of aromatic nitrogens is 2. The highest BCUT2D eigenvalue weighted by Gasteiger charge is 2.14. The highest BCUT2D eigenvalue weighted by atomic mass is 35.5. The molecule has 0 aliphatic rings. The normalized spacial score (nSPS) is 11.0.